The van der Waals surface area contributed by atoms with Crippen LogP contribution < -0.4 is 15.1 Å². The standard InChI is InChI=1S/C22H26FN7O/c1-4-18-21(31)30(5-2)19-12-25-22(27-20(19)28(18)3)24-10-16-11-26-29(14-16)13-15-6-8-17(23)9-7-15/h6-9,11-12,14,18H,4-5,10,13H2,1-3H3,(H,24,25,27). The summed E-state index contributed by atoms with van der Waals surface area (Å²) in [7, 11) is 1.90. The number of amides is 1. The molecule has 8 nitrogen and oxygen atoms in total. The SMILES string of the molecule is CCC1C(=O)N(CC)c2cnc(NCc3cnn(Cc4ccc(F)cc4)c3)nc2N1C. The van der Waals surface area contributed by atoms with E-state index in [2.05, 4.69) is 20.4 Å². The fourth-order valence-corrected chi connectivity index (χ4v) is 3.83. The number of nitrogens with zero attached hydrogens (tertiary/aromatic N) is 6. The lowest BCUT2D eigenvalue weighted by molar-refractivity contribution is -0.120. The molecule has 2 aromatic heterocycles. The Kier molecular flexibility index (Phi) is 5.83. The van der Waals surface area contributed by atoms with E-state index in [4.69, 9.17) is 0 Å². The zero-order valence-corrected chi connectivity index (χ0v) is 17.9. The lowest BCUT2D eigenvalue weighted by Crippen LogP contribution is -2.52. The number of benzene rings is 1. The van der Waals surface area contributed by atoms with Crippen LogP contribution in [0.15, 0.2) is 42.9 Å². The van der Waals surface area contributed by atoms with Crippen molar-refractivity contribution in [3.05, 3.63) is 59.8 Å². The molecule has 1 unspecified atom stereocenters. The molecule has 0 spiro atoms. The van der Waals surface area contributed by atoms with Gasteiger partial charge >= 0.3 is 0 Å². The van der Waals surface area contributed by atoms with Gasteiger partial charge < -0.3 is 15.1 Å². The van der Waals surface area contributed by atoms with Gasteiger partial charge in [-0.05, 0) is 31.0 Å². The minimum absolute atomic E-state index is 0.0814. The predicted molar refractivity (Wildman–Crippen MR) is 118 cm³/mol. The van der Waals surface area contributed by atoms with Gasteiger partial charge in [0, 0.05) is 31.9 Å². The molecule has 162 valence electrons. The van der Waals surface area contributed by atoms with Crippen LogP contribution in [0.5, 0.6) is 0 Å². The molecule has 0 bridgehead atoms. The van der Waals surface area contributed by atoms with Crippen LogP contribution in [0.2, 0.25) is 0 Å². The average Bonchev–Trinajstić information content (AvgIpc) is 3.22. The van der Waals surface area contributed by atoms with Gasteiger partial charge in [0.25, 0.3) is 0 Å². The Morgan fingerprint density at radius 3 is 2.61 bits per heavy atom. The molecule has 9 heteroatoms. The van der Waals surface area contributed by atoms with E-state index in [9.17, 15) is 9.18 Å². The van der Waals surface area contributed by atoms with E-state index < -0.39 is 0 Å². The monoisotopic (exact) mass is 423 g/mol. The Balaban J connectivity index is 1.45. The summed E-state index contributed by atoms with van der Waals surface area (Å²) in [6.07, 6.45) is 6.13. The van der Waals surface area contributed by atoms with Crippen molar-refractivity contribution in [2.75, 3.05) is 28.7 Å². The molecule has 0 aliphatic carbocycles. The first-order valence-corrected chi connectivity index (χ1v) is 10.4. The predicted octanol–water partition coefficient (Wildman–Crippen LogP) is 3.05. The highest BCUT2D eigenvalue weighted by Crippen LogP contribution is 2.34. The molecule has 0 radical (unpaired) electrons. The van der Waals surface area contributed by atoms with E-state index in [1.54, 1.807) is 29.4 Å². The molecule has 1 aliphatic rings. The molecular formula is C22H26FN7O. The summed E-state index contributed by atoms with van der Waals surface area (Å²) in [5, 5.41) is 7.61. The Morgan fingerprint density at radius 1 is 1.13 bits per heavy atom. The number of hydrogen-bond donors (Lipinski definition) is 1. The van der Waals surface area contributed by atoms with Crippen molar-refractivity contribution >= 4 is 23.4 Å². The van der Waals surface area contributed by atoms with Crippen LogP contribution >= 0.6 is 0 Å². The maximum absolute atomic E-state index is 13.1. The summed E-state index contributed by atoms with van der Waals surface area (Å²) >= 11 is 0. The minimum atomic E-state index is -0.249. The van der Waals surface area contributed by atoms with Gasteiger partial charge in [0.05, 0.1) is 18.9 Å². The van der Waals surface area contributed by atoms with E-state index in [1.165, 1.54) is 12.1 Å². The van der Waals surface area contributed by atoms with Crippen molar-refractivity contribution in [2.24, 2.45) is 0 Å². The first-order chi connectivity index (χ1) is 15.0. The quantitative estimate of drug-likeness (QED) is 0.629. The van der Waals surface area contributed by atoms with Gasteiger partial charge in [0.2, 0.25) is 11.9 Å². The number of anilines is 3. The van der Waals surface area contributed by atoms with Crippen molar-refractivity contribution in [1.29, 1.82) is 0 Å². The fourth-order valence-electron chi connectivity index (χ4n) is 3.83. The van der Waals surface area contributed by atoms with Crippen LogP contribution in [0.3, 0.4) is 0 Å². The molecule has 1 N–H and O–H groups in total. The third kappa shape index (κ3) is 4.21. The van der Waals surface area contributed by atoms with Gasteiger partial charge in [-0.1, -0.05) is 19.1 Å². The number of hydrogen-bond acceptors (Lipinski definition) is 6. The van der Waals surface area contributed by atoms with Crippen LogP contribution in [-0.4, -0.2) is 45.3 Å². The molecule has 0 saturated carbocycles. The zero-order valence-electron chi connectivity index (χ0n) is 17.9. The zero-order chi connectivity index (χ0) is 22.0. The first-order valence-electron chi connectivity index (χ1n) is 10.4. The summed E-state index contributed by atoms with van der Waals surface area (Å²) in [5.41, 5.74) is 2.69. The number of carbonyl (C=O) groups is 1. The summed E-state index contributed by atoms with van der Waals surface area (Å²) in [6.45, 7) is 5.62. The molecule has 1 aromatic carbocycles. The van der Waals surface area contributed by atoms with Crippen LogP contribution in [0, 0.1) is 5.82 Å². The van der Waals surface area contributed by atoms with Crippen molar-refractivity contribution in [2.45, 2.75) is 39.4 Å². The number of fused-ring (bicyclic) bond motifs is 1. The third-order valence-electron chi connectivity index (χ3n) is 5.49. The topological polar surface area (TPSA) is 79.2 Å². The second-order valence-electron chi connectivity index (χ2n) is 7.55. The smallest absolute Gasteiger partial charge is 0.249 e. The molecule has 0 fully saturated rings. The van der Waals surface area contributed by atoms with Gasteiger partial charge in [0.15, 0.2) is 5.82 Å². The normalized spacial score (nSPS) is 15.9. The molecule has 0 saturated heterocycles. The summed E-state index contributed by atoms with van der Waals surface area (Å²) in [4.78, 5) is 25.4. The summed E-state index contributed by atoms with van der Waals surface area (Å²) in [5.74, 6) is 1.08. The van der Waals surface area contributed by atoms with Gasteiger partial charge in [0.1, 0.15) is 17.5 Å². The van der Waals surface area contributed by atoms with Crippen LogP contribution in [0.1, 0.15) is 31.4 Å². The van der Waals surface area contributed by atoms with E-state index in [0.29, 0.717) is 32.0 Å². The highest BCUT2D eigenvalue weighted by atomic mass is 19.1. The van der Waals surface area contributed by atoms with E-state index in [1.807, 2.05) is 36.7 Å². The summed E-state index contributed by atoms with van der Waals surface area (Å²) in [6, 6.07) is 6.17. The van der Waals surface area contributed by atoms with Crippen LogP contribution in [0.4, 0.5) is 21.8 Å². The lowest BCUT2D eigenvalue weighted by atomic mass is 10.1. The molecule has 4 rings (SSSR count). The van der Waals surface area contributed by atoms with Gasteiger partial charge in [-0.25, -0.2) is 9.37 Å². The van der Waals surface area contributed by atoms with Crippen molar-refractivity contribution in [1.82, 2.24) is 19.7 Å². The van der Waals surface area contributed by atoms with Gasteiger partial charge in [-0.2, -0.15) is 10.1 Å². The molecule has 1 amide bonds. The van der Waals surface area contributed by atoms with E-state index >= 15 is 0 Å². The minimum Gasteiger partial charge on any atom is -0.350 e. The molecule has 3 heterocycles. The van der Waals surface area contributed by atoms with Crippen molar-refractivity contribution in [3.63, 3.8) is 0 Å². The summed E-state index contributed by atoms with van der Waals surface area (Å²) < 4.78 is 14.9. The van der Waals surface area contributed by atoms with Crippen LogP contribution in [0.25, 0.3) is 0 Å². The van der Waals surface area contributed by atoms with Crippen molar-refractivity contribution < 1.29 is 9.18 Å². The van der Waals surface area contributed by atoms with E-state index in [-0.39, 0.29) is 17.8 Å². The van der Waals surface area contributed by atoms with Crippen molar-refractivity contribution in [3.8, 4) is 0 Å². The maximum Gasteiger partial charge on any atom is 0.249 e. The second kappa shape index (κ2) is 8.71. The molecule has 3 aromatic rings. The third-order valence-corrected chi connectivity index (χ3v) is 5.49. The number of rotatable bonds is 7. The fraction of sp³-hybridized carbons (Fsp3) is 0.364. The highest BCUT2D eigenvalue weighted by Gasteiger charge is 2.36. The highest BCUT2D eigenvalue weighted by molar-refractivity contribution is 6.04. The Bertz CT molecular complexity index is 1070. The van der Waals surface area contributed by atoms with Gasteiger partial charge in [-0.15, -0.1) is 0 Å². The Hall–Kier alpha value is -3.49. The maximum atomic E-state index is 13.1. The molecule has 1 aliphatic heterocycles. The Morgan fingerprint density at radius 2 is 1.90 bits per heavy atom. The van der Waals surface area contributed by atoms with Crippen LogP contribution in [-0.2, 0) is 17.9 Å². The first kappa shape index (κ1) is 20.8. The molecular weight excluding hydrogens is 397 g/mol. The number of halogens is 1. The Labute approximate surface area is 180 Å². The number of aromatic nitrogens is 4. The average molecular weight is 423 g/mol. The number of nitrogens with one attached hydrogen (secondary N) is 1. The molecule has 31 heavy (non-hydrogen) atoms. The molecule has 1 atom stereocenters. The van der Waals surface area contributed by atoms with E-state index in [0.717, 1.165) is 22.6 Å². The van der Waals surface area contributed by atoms with Gasteiger partial charge in [-0.3, -0.25) is 9.48 Å². The largest absolute Gasteiger partial charge is 0.350 e. The lowest BCUT2D eigenvalue weighted by Gasteiger charge is -2.39. The second-order valence-corrected chi connectivity index (χ2v) is 7.55. The number of likely N-dealkylation sites (N-methyl/N-ethyl adjacent to an activating group) is 2. The number of carbonyl (C=O) groups excluding carboxylic acids is 1.